The number of nitrogens with zero attached hydrogens (tertiary/aromatic N) is 4. The summed E-state index contributed by atoms with van der Waals surface area (Å²) in [5.74, 6) is -0.534. The van der Waals surface area contributed by atoms with Crippen LogP contribution >= 0.6 is 0 Å². The number of hydrogen-bond donors (Lipinski definition) is 0. The van der Waals surface area contributed by atoms with E-state index in [1.807, 2.05) is 31.2 Å². The third-order valence-corrected chi connectivity index (χ3v) is 4.52. The highest BCUT2D eigenvalue weighted by atomic mass is 19.1. The van der Waals surface area contributed by atoms with Crippen molar-refractivity contribution in [2.75, 3.05) is 11.5 Å². The number of carbonyl (C=O) groups is 2. The third-order valence-electron chi connectivity index (χ3n) is 4.52. The number of benzene rings is 2. The van der Waals surface area contributed by atoms with Gasteiger partial charge in [-0.1, -0.05) is 17.4 Å². The van der Waals surface area contributed by atoms with E-state index in [1.54, 1.807) is 0 Å². The van der Waals surface area contributed by atoms with E-state index in [-0.39, 0.29) is 0 Å². The molecule has 0 aromatic heterocycles. The van der Waals surface area contributed by atoms with Gasteiger partial charge in [-0.05, 0) is 48.9 Å². The lowest BCUT2D eigenvalue weighted by molar-refractivity contribution is -0.123. The zero-order valence-corrected chi connectivity index (χ0v) is 14.6. The predicted octanol–water partition coefficient (Wildman–Crippen LogP) is 2.72. The van der Waals surface area contributed by atoms with Gasteiger partial charge in [-0.3, -0.25) is 14.6 Å². The highest BCUT2D eigenvalue weighted by molar-refractivity contribution is 6.25. The Bertz CT molecular complexity index is 898. The fourth-order valence-corrected chi connectivity index (χ4v) is 3.24. The quantitative estimate of drug-likeness (QED) is 0.761. The summed E-state index contributed by atoms with van der Waals surface area (Å²) in [4.78, 5) is 26.5. The lowest BCUT2D eigenvalue weighted by atomic mass is 10.1. The summed E-state index contributed by atoms with van der Waals surface area (Å²) in [6, 6.07) is 11.0. The number of carbonyl (C=O) groups excluding carboxylic acids is 2. The Morgan fingerprint density at radius 2 is 1.74 bits per heavy atom. The molecular weight excluding hydrogens is 351 g/mol. The Morgan fingerprint density at radius 1 is 1.04 bits per heavy atom. The second kappa shape index (κ2) is 6.79. The van der Waals surface area contributed by atoms with Crippen LogP contribution in [0.4, 0.5) is 10.1 Å². The molecule has 2 heterocycles. The third kappa shape index (κ3) is 3.03. The summed E-state index contributed by atoms with van der Waals surface area (Å²) in [6.07, 6.45) is 0. The van der Waals surface area contributed by atoms with Crippen LogP contribution in [0.15, 0.2) is 58.9 Å². The van der Waals surface area contributed by atoms with E-state index >= 15 is 0 Å². The molecule has 2 aromatic carbocycles. The highest BCUT2D eigenvalue weighted by Crippen LogP contribution is 2.32. The number of anilines is 1. The van der Waals surface area contributed by atoms with Gasteiger partial charge >= 0.3 is 0 Å². The van der Waals surface area contributed by atoms with Crippen molar-refractivity contribution in [3.8, 4) is 5.75 Å². The summed E-state index contributed by atoms with van der Waals surface area (Å²) in [5.41, 5.74) is 1.25. The van der Waals surface area contributed by atoms with Gasteiger partial charge in [0, 0.05) is 0 Å². The van der Waals surface area contributed by atoms with E-state index in [1.165, 1.54) is 29.3 Å². The van der Waals surface area contributed by atoms with Gasteiger partial charge in [-0.15, -0.1) is 0 Å². The van der Waals surface area contributed by atoms with E-state index in [0.717, 1.165) is 16.2 Å². The van der Waals surface area contributed by atoms with E-state index in [0.29, 0.717) is 18.8 Å². The first-order chi connectivity index (χ1) is 13.1. The number of hydrogen-bond acceptors (Lipinski definition) is 6. The van der Waals surface area contributed by atoms with Crippen LogP contribution < -0.4 is 9.64 Å². The van der Waals surface area contributed by atoms with Gasteiger partial charge in [-0.2, -0.15) is 5.11 Å². The standard InChI is InChI=1S/C19H17FN4O3/c1-2-27-15-9-3-12(4-10-15)11-23-17-16(21-22-23)18(25)24(19(17)26)14-7-5-13(20)6-8-14/h3-10,16-17H,2,11H2,1H3/t16-,17-/m1/s1. The highest BCUT2D eigenvalue weighted by Gasteiger charge is 2.54. The van der Waals surface area contributed by atoms with Crippen LogP contribution in [0.5, 0.6) is 5.75 Å². The van der Waals surface area contributed by atoms with Crippen molar-refractivity contribution in [3.63, 3.8) is 0 Å². The summed E-state index contributed by atoms with van der Waals surface area (Å²) < 4.78 is 18.6. The van der Waals surface area contributed by atoms with Crippen molar-refractivity contribution >= 4 is 17.5 Å². The molecule has 27 heavy (non-hydrogen) atoms. The first-order valence-corrected chi connectivity index (χ1v) is 8.61. The second-order valence-corrected chi connectivity index (χ2v) is 6.26. The number of halogens is 1. The molecule has 0 spiro atoms. The van der Waals surface area contributed by atoms with Crippen LogP contribution in [-0.2, 0) is 16.1 Å². The van der Waals surface area contributed by atoms with Crippen LogP contribution in [0.1, 0.15) is 12.5 Å². The monoisotopic (exact) mass is 368 g/mol. The van der Waals surface area contributed by atoms with Gasteiger partial charge < -0.3 is 4.74 Å². The Morgan fingerprint density at radius 3 is 2.41 bits per heavy atom. The normalized spacial score (nSPS) is 21.1. The molecule has 2 aliphatic heterocycles. The molecular formula is C19H17FN4O3. The maximum absolute atomic E-state index is 13.1. The lowest BCUT2D eigenvalue weighted by Crippen LogP contribution is -2.39. The van der Waals surface area contributed by atoms with Crippen LogP contribution in [0, 0.1) is 5.82 Å². The van der Waals surface area contributed by atoms with Gasteiger partial charge in [0.05, 0.1) is 18.8 Å². The van der Waals surface area contributed by atoms with Crippen LogP contribution in [-0.4, -0.2) is 35.5 Å². The topological polar surface area (TPSA) is 74.6 Å². The van der Waals surface area contributed by atoms with Crippen molar-refractivity contribution in [2.45, 2.75) is 25.6 Å². The largest absolute Gasteiger partial charge is 0.494 e. The zero-order valence-electron chi connectivity index (χ0n) is 14.6. The van der Waals surface area contributed by atoms with Crippen LogP contribution in [0.25, 0.3) is 0 Å². The molecule has 1 fully saturated rings. The van der Waals surface area contributed by atoms with Gasteiger partial charge in [0.25, 0.3) is 11.8 Å². The summed E-state index contributed by atoms with van der Waals surface area (Å²) in [5, 5.41) is 9.52. The number of amides is 2. The SMILES string of the molecule is CCOc1ccc(CN2N=N[C@H]3C(=O)N(c4ccc(F)cc4)C(=O)[C@@H]32)cc1. The fourth-order valence-electron chi connectivity index (χ4n) is 3.24. The maximum Gasteiger partial charge on any atom is 0.263 e. The van der Waals surface area contributed by atoms with Crippen LogP contribution in [0.3, 0.4) is 0 Å². The molecule has 8 heteroatoms. The van der Waals surface area contributed by atoms with Crippen molar-refractivity contribution < 1.29 is 18.7 Å². The van der Waals surface area contributed by atoms with Crippen molar-refractivity contribution in [2.24, 2.45) is 10.3 Å². The summed E-state index contributed by atoms with van der Waals surface area (Å²) in [6.45, 7) is 2.83. The Kier molecular flexibility index (Phi) is 4.31. The minimum Gasteiger partial charge on any atom is -0.494 e. The molecule has 2 atom stereocenters. The second-order valence-electron chi connectivity index (χ2n) is 6.26. The van der Waals surface area contributed by atoms with Gasteiger partial charge in [-0.25, -0.2) is 9.29 Å². The molecule has 0 unspecified atom stereocenters. The first-order valence-electron chi connectivity index (χ1n) is 8.61. The molecule has 4 rings (SSSR count). The Labute approximate surface area is 155 Å². The number of rotatable bonds is 5. The zero-order chi connectivity index (χ0) is 19.0. The number of imide groups is 1. The molecule has 2 aromatic rings. The summed E-state index contributed by atoms with van der Waals surface area (Å²) in [7, 11) is 0. The molecule has 0 aliphatic carbocycles. The predicted molar refractivity (Wildman–Crippen MR) is 94.5 cm³/mol. The van der Waals surface area contributed by atoms with Gasteiger partial charge in [0.2, 0.25) is 0 Å². The molecule has 7 nitrogen and oxygen atoms in total. The Balaban J connectivity index is 1.53. The number of fused-ring (bicyclic) bond motifs is 1. The molecule has 0 bridgehead atoms. The minimum atomic E-state index is -0.870. The molecule has 2 aliphatic rings. The lowest BCUT2D eigenvalue weighted by Gasteiger charge is -2.20. The van der Waals surface area contributed by atoms with Crippen LogP contribution in [0.2, 0.25) is 0 Å². The van der Waals surface area contributed by atoms with Crippen molar-refractivity contribution in [1.29, 1.82) is 0 Å². The molecule has 138 valence electrons. The summed E-state index contributed by atoms with van der Waals surface area (Å²) >= 11 is 0. The van der Waals surface area contributed by atoms with Crippen molar-refractivity contribution in [3.05, 3.63) is 59.9 Å². The van der Waals surface area contributed by atoms with E-state index in [4.69, 9.17) is 4.74 Å². The van der Waals surface area contributed by atoms with Gasteiger partial charge in [0.15, 0.2) is 12.1 Å². The Hall–Kier alpha value is -3.29. The van der Waals surface area contributed by atoms with Crippen molar-refractivity contribution in [1.82, 2.24) is 5.01 Å². The fraction of sp³-hybridized carbons (Fsp3) is 0.263. The first kappa shape index (κ1) is 17.1. The maximum atomic E-state index is 13.1. The average molecular weight is 368 g/mol. The molecule has 0 radical (unpaired) electrons. The van der Waals surface area contributed by atoms with E-state index in [9.17, 15) is 14.0 Å². The molecule has 1 saturated heterocycles. The molecule has 0 N–H and O–H groups in total. The van der Waals surface area contributed by atoms with E-state index in [2.05, 4.69) is 10.3 Å². The molecule has 0 saturated carbocycles. The average Bonchev–Trinajstić information content (AvgIpc) is 3.18. The molecule has 2 amide bonds. The number of ether oxygens (including phenoxy) is 1. The smallest absolute Gasteiger partial charge is 0.263 e. The minimum absolute atomic E-state index is 0.331. The van der Waals surface area contributed by atoms with Gasteiger partial charge in [0.1, 0.15) is 11.6 Å². The van der Waals surface area contributed by atoms with E-state index < -0.39 is 29.7 Å².